The second kappa shape index (κ2) is 12.7. The number of aliphatic imine (C=N–C) groups is 1. The Morgan fingerprint density at radius 2 is 1.83 bits per heavy atom. The van der Waals surface area contributed by atoms with E-state index < -0.39 is 0 Å². The second-order valence-corrected chi connectivity index (χ2v) is 6.85. The molecule has 0 bridgehead atoms. The maximum absolute atomic E-state index is 14.5. The number of anilines is 1. The van der Waals surface area contributed by atoms with Crippen LogP contribution in [0.1, 0.15) is 18.1 Å². The summed E-state index contributed by atoms with van der Waals surface area (Å²) in [4.78, 5) is 6.52. The van der Waals surface area contributed by atoms with Crippen LogP contribution in [0.4, 0.5) is 14.5 Å². The van der Waals surface area contributed by atoms with E-state index in [9.17, 15) is 8.78 Å². The molecule has 1 heterocycles. The van der Waals surface area contributed by atoms with Crippen molar-refractivity contribution in [1.29, 1.82) is 0 Å². The van der Waals surface area contributed by atoms with Crippen molar-refractivity contribution < 1.29 is 13.5 Å². The zero-order chi connectivity index (χ0) is 20.5. The first kappa shape index (κ1) is 24.3. The van der Waals surface area contributed by atoms with Gasteiger partial charge in [0.15, 0.2) is 5.96 Å². The lowest BCUT2D eigenvalue weighted by atomic mass is 10.1. The fraction of sp³-hybridized carbons (Fsp3) is 0.409. The van der Waals surface area contributed by atoms with Crippen LogP contribution in [-0.2, 0) is 17.7 Å². The Bertz CT molecular complexity index is 829. The number of hydrogen-bond acceptors (Lipinski definition) is 3. The Labute approximate surface area is 193 Å². The van der Waals surface area contributed by atoms with Crippen molar-refractivity contribution in [3.05, 3.63) is 65.2 Å². The minimum atomic E-state index is -0.239. The summed E-state index contributed by atoms with van der Waals surface area (Å²) >= 11 is 0. The molecule has 1 aliphatic heterocycles. The van der Waals surface area contributed by atoms with Crippen LogP contribution in [-0.4, -0.2) is 45.4 Å². The normalized spacial score (nSPS) is 14.2. The molecule has 2 aromatic rings. The quantitative estimate of drug-likeness (QED) is 0.326. The molecule has 0 amide bonds. The van der Waals surface area contributed by atoms with Crippen LogP contribution in [0.25, 0.3) is 0 Å². The van der Waals surface area contributed by atoms with Gasteiger partial charge in [-0.05, 0) is 42.7 Å². The van der Waals surface area contributed by atoms with Gasteiger partial charge in [0.25, 0.3) is 0 Å². The topological polar surface area (TPSA) is 48.9 Å². The molecule has 8 heteroatoms. The van der Waals surface area contributed by atoms with Gasteiger partial charge in [-0.15, -0.1) is 24.0 Å². The molecular weight excluding hydrogens is 501 g/mol. The van der Waals surface area contributed by atoms with E-state index in [0.717, 1.165) is 5.56 Å². The van der Waals surface area contributed by atoms with Crippen LogP contribution in [0, 0.1) is 11.6 Å². The largest absolute Gasteiger partial charge is 0.378 e. The lowest BCUT2D eigenvalue weighted by molar-refractivity contribution is 0.122. The van der Waals surface area contributed by atoms with E-state index in [1.165, 1.54) is 12.1 Å². The van der Waals surface area contributed by atoms with E-state index in [2.05, 4.69) is 15.6 Å². The summed E-state index contributed by atoms with van der Waals surface area (Å²) in [6.45, 7) is 6.23. The minimum Gasteiger partial charge on any atom is -0.378 e. The van der Waals surface area contributed by atoms with Crippen molar-refractivity contribution in [2.24, 2.45) is 4.99 Å². The number of nitrogens with one attached hydrogen (secondary N) is 2. The van der Waals surface area contributed by atoms with E-state index in [1.54, 1.807) is 12.1 Å². The average molecular weight is 530 g/mol. The van der Waals surface area contributed by atoms with Crippen molar-refractivity contribution in [3.63, 3.8) is 0 Å². The highest BCUT2D eigenvalue weighted by Gasteiger charge is 2.15. The highest BCUT2D eigenvalue weighted by molar-refractivity contribution is 14.0. The lowest BCUT2D eigenvalue weighted by Gasteiger charge is -2.29. The molecule has 5 nitrogen and oxygen atoms in total. The molecule has 0 aromatic heterocycles. The van der Waals surface area contributed by atoms with Gasteiger partial charge in [-0.2, -0.15) is 0 Å². The molecule has 2 N–H and O–H groups in total. The van der Waals surface area contributed by atoms with E-state index >= 15 is 0 Å². The van der Waals surface area contributed by atoms with Crippen LogP contribution in [0.5, 0.6) is 0 Å². The third-order valence-corrected chi connectivity index (χ3v) is 4.77. The van der Waals surface area contributed by atoms with Crippen LogP contribution < -0.4 is 15.5 Å². The first-order valence-corrected chi connectivity index (χ1v) is 10.0. The van der Waals surface area contributed by atoms with Crippen LogP contribution >= 0.6 is 24.0 Å². The van der Waals surface area contributed by atoms with Gasteiger partial charge in [-0.25, -0.2) is 13.8 Å². The van der Waals surface area contributed by atoms with Crippen molar-refractivity contribution in [2.45, 2.75) is 19.9 Å². The van der Waals surface area contributed by atoms with Gasteiger partial charge in [-0.3, -0.25) is 0 Å². The van der Waals surface area contributed by atoms with Gasteiger partial charge in [0.05, 0.1) is 25.4 Å². The number of halogens is 3. The summed E-state index contributed by atoms with van der Waals surface area (Å²) in [5, 5.41) is 6.36. The maximum Gasteiger partial charge on any atom is 0.191 e. The maximum atomic E-state index is 14.5. The number of nitrogens with zero attached hydrogens (tertiary/aromatic N) is 2. The Morgan fingerprint density at radius 3 is 2.53 bits per heavy atom. The highest BCUT2D eigenvalue weighted by Crippen LogP contribution is 2.22. The van der Waals surface area contributed by atoms with E-state index in [0.29, 0.717) is 69.6 Å². The molecule has 164 valence electrons. The van der Waals surface area contributed by atoms with Gasteiger partial charge < -0.3 is 20.3 Å². The molecule has 2 aromatic carbocycles. The molecule has 1 fully saturated rings. The molecule has 0 atom stereocenters. The monoisotopic (exact) mass is 530 g/mol. The van der Waals surface area contributed by atoms with Crippen molar-refractivity contribution in [3.8, 4) is 0 Å². The van der Waals surface area contributed by atoms with Crippen LogP contribution in [0.3, 0.4) is 0 Å². The van der Waals surface area contributed by atoms with E-state index in [-0.39, 0.29) is 35.6 Å². The SMILES string of the molecule is CCNC(=NCc1ccc(N2CCOCC2)c(F)c1)NCCc1ccccc1F.I. The Balaban J connectivity index is 0.00000320. The smallest absolute Gasteiger partial charge is 0.191 e. The molecule has 0 aliphatic carbocycles. The summed E-state index contributed by atoms with van der Waals surface area (Å²) in [5.41, 5.74) is 2.07. The van der Waals surface area contributed by atoms with Crippen molar-refractivity contribution in [2.75, 3.05) is 44.3 Å². The number of ether oxygens (including phenoxy) is 1. The zero-order valence-corrected chi connectivity index (χ0v) is 19.5. The van der Waals surface area contributed by atoms with Gasteiger partial charge in [-0.1, -0.05) is 24.3 Å². The third-order valence-electron chi connectivity index (χ3n) is 4.77. The van der Waals surface area contributed by atoms with Gasteiger partial charge in [0.1, 0.15) is 11.6 Å². The number of benzene rings is 2. The predicted octanol–water partition coefficient (Wildman–Crippen LogP) is 3.72. The molecule has 0 radical (unpaired) electrons. The van der Waals surface area contributed by atoms with E-state index in [4.69, 9.17) is 4.74 Å². The summed E-state index contributed by atoms with van der Waals surface area (Å²) in [6, 6.07) is 12.0. The first-order valence-electron chi connectivity index (χ1n) is 10.0. The molecule has 1 aliphatic rings. The molecule has 0 unspecified atom stereocenters. The van der Waals surface area contributed by atoms with Gasteiger partial charge >= 0.3 is 0 Å². The average Bonchev–Trinajstić information content (AvgIpc) is 2.74. The Morgan fingerprint density at radius 1 is 1.07 bits per heavy atom. The number of guanidine groups is 1. The molecule has 0 spiro atoms. The fourth-order valence-corrected chi connectivity index (χ4v) is 3.24. The summed E-state index contributed by atoms with van der Waals surface area (Å²) < 4.78 is 33.6. The van der Waals surface area contributed by atoms with Gasteiger partial charge in [0, 0.05) is 26.2 Å². The van der Waals surface area contributed by atoms with E-state index in [1.807, 2.05) is 30.0 Å². The van der Waals surface area contributed by atoms with Gasteiger partial charge in [0.2, 0.25) is 0 Å². The van der Waals surface area contributed by atoms with Crippen molar-refractivity contribution >= 4 is 35.6 Å². The van der Waals surface area contributed by atoms with Crippen LogP contribution in [0.15, 0.2) is 47.5 Å². The van der Waals surface area contributed by atoms with Crippen molar-refractivity contribution in [1.82, 2.24) is 10.6 Å². The lowest BCUT2D eigenvalue weighted by Crippen LogP contribution is -2.38. The summed E-state index contributed by atoms with van der Waals surface area (Å²) in [6.07, 6.45) is 0.556. The first-order chi connectivity index (χ1) is 14.2. The minimum absolute atomic E-state index is 0. The highest BCUT2D eigenvalue weighted by atomic mass is 127. The fourth-order valence-electron chi connectivity index (χ4n) is 3.24. The summed E-state index contributed by atoms with van der Waals surface area (Å²) in [7, 11) is 0. The molecule has 1 saturated heterocycles. The Kier molecular flexibility index (Phi) is 10.3. The molecule has 30 heavy (non-hydrogen) atoms. The zero-order valence-electron chi connectivity index (χ0n) is 17.2. The molecular formula is C22H29F2IN4O. The summed E-state index contributed by atoms with van der Waals surface area (Å²) in [5.74, 6) is 0.186. The number of morpholine rings is 1. The van der Waals surface area contributed by atoms with Crippen LogP contribution in [0.2, 0.25) is 0 Å². The molecule has 0 saturated carbocycles. The predicted molar refractivity (Wildman–Crippen MR) is 128 cm³/mol. The molecule has 3 rings (SSSR count). The Hall–Kier alpha value is -1.94. The second-order valence-electron chi connectivity index (χ2n) is 6.85. The third kappa shape index (κ3) is 7.09. The number of rotatable bonds is 7. The number of hydrogen-bond donors (Lipinski definition) is 2. The standard InChI is InChI=1S/C22H28F2N4O.HI/c1-2-25-22(26-10-9-18-5-3-4-6-19(18)23)27-16-17-7-8-21(20(24)15-17)28-11-13-29-14-12-28;/h3-8,15H,2,9-14,16H2,1H3,(H2,25,26,27);1H.